The van der Waals surface area contributed by atoms with Crippen LogP contribution in [0.1, 0.15) is 46.6 Å². The predicted molar refractivity (Wildman–Crippen MR) is 111 cm³/mol. The van der Waals surface area contributed by atoms with Crippen molar-refractivity contribution in [1.82, 2.24) is 9.88 Å². The molecule has 0 spiro atoms. The number of nitrogens with zero attached hydrogens (tertiary/aromatic N) is 3. The first-order chi connectivity index (χ1) is 14.8. The summed E-state index contributed by atoms with van der Waals surface area (Å²) < 4.78 is 50.2. The molecule has 2 saturated heterocycles. The number of anilines is 1. The van der Waals surface area contributed by atoms with Crippen LogP contribution in [-0.4, -0.2) is 59.3 Å². The number of aromatic nitrogens is 1. The van der Waals surface area contributed by atoms with Crippen LogP contribution in [0.5, 0.6) is 0 Å². The first-order valence-electron chi connectivity index (χ1n) is 10.8. The molecule has 1 amide bonds. The first kappa shape index (κ1) is 24.3. The van der Waals surface area contributed by atoms with Crippen LogP contribution in [0.2, 0.25) is 0 Å². The van der Waals surface area contributed by atoms with Crippen LogP contribution in [0.3, 0.4) is 0 Å². The van der Waals surface area contributed by atoms with Crippen LogP contribution in [0.25, 0.3) is 0 Å². The normalized spacial score (nSPS) is 24.6. The first-order valence-corrected chi connectivity index (χ1v) is 10.8. The van der Waals surface area contributed by atoms with Gasteiger partial charge in [0.05, 0.1) is 11.5 Å². The molecule has 1 aromatic heterocycles. The van der Waals surface area contributed by atoms with Gasteiger partial charge in [-0.05, 0) is 31.4 Å². The Morgan fingerprint density at radius 2 is 2.00 bits per heavy atom. The van der Waals surface area contributed by atoms with Crippen molar-refractivity contribution in [3.63, 3.8) is 0 Å². The third-order valence-electron chi connectivity index (χ3n) is 5.70. The fourth-order valence-electron chi connectivity index (χ4n) is 4.26. The van der Waals surface area contributed by atoms with Gasteiger partial charge in [-0.25, -0.2) is 9.78 Å². The SMILES string of the molecule is CC(C)C[C@H](C(=O)N1CCN(c2cc(C(F)(F)F)ccn2)C[C@H]1C)[C@@H]1OC(C)(C)OC1=O. The van der Waals surface area contributed by atoms with Gasteiger partial charge in [0.1, 0.15) is 5.82 Å². The molecule has 0 saturated carbocycles. The molecule has 0 bridgehead atoms. The molecular weight excluding hydrogens is 427 g/mol. The molecule has 3 rings (SSSR count). The summed E-state index contributed by atoms with van der Waals surface area (Å²) in [5.41, 5.74) is -0.759. The Balaban J connectivity index is 1.75. The van der Waals surface area contributed by atoms with Crippen molar-refractivity contribution in [1.29, 1.82) is 0 Å². The highest BCUT2D eigenvalue weighted by atomic mass is 19.4. The number of hydrogen-bond donors (Lipinski definition) is 0. The maximum atomic E-state index is 13.5. The van der Waals surface area contributed by atoms with E-state index in [1.165, 1.54) is 0 Å². The standard InChI is InChI=1S/C22H30F3N3O4/c1-13(2)10-16(18-20(30)32-21(4,5)31-18)19(29)28-9-8-27(12-14(28)3)17-11-15(6-7-26-17)22(23,24)25/h6-7,11,13-14,16,18H,8-10,12H2,1-5H3/t14-,16+,18+/m1/s1. The fraction of sp³-hybridized carbons (Fsp3) is 0.682. The van der Waals surface area contributed by atoms with Crippen molar-refractivity contribution in [2.75, 3.05) is 24.5 Å². The Bertz CT molecular complexity index is 859. The number of ether oxygens (including phenoxy) is 2. The molecule has 3 atom stereocenters. The number of halogens is 3. The highest BCUT2D eigenvalue weighted by Gasteiger charge is 2.49. The zero-order valence-corrected chi connectivity index (χ0v) is 19.0. The second kappa shape index (κ2) is 8.88. The van der Waals surface area contributed by atoms with Crippen molar-refractivity contribution in [3.05, 3.63) is 23.9 Å². The van der Waals surface area contributed by atoms with Crippen LogP contribution in [-0.2, 0) is 25.2 Å². The highest BCUT2D eigenvalue weighted by molar-refractivity contribution is 5.88. The Hall–Kier alpha value is -2.36. The summed E-state index contributed by atoms with van der Waals surface area (Å²) in [6, 6.07) is 1.68. The lowest BCUT2D eigenvalue weighted by molar-refractivity contribution is -0.163. The van der Waals surface area contributed by atoms with Gasteiger partial charge in [-0.2, -0.15) is 13.2 Å². The topological polar surface area (TPSA) is 72.0 Å². The highest BCUT2D eigenvalue weighted by Crippen LogP contribution is 2.34. The van der Waals surface area contributed by atoms with E-state index in [2.05, 4.69) is 4.98 Å². The van der Waals surface area contributed by atoms with Crippen molar-refractivity contribution < 1.29 is 32.2 Å². The van der Waals surface area contributed by atoms with Crippen LogP contribution in [0.15, 0.2) is 18.3 Å². The maximum Gasteiger partial charge on any atom is 0.416 e. The van der Waals surface area contributed by atoms with E-state index >= 15 is 0 Å². The molecule has 7 nitrogen and oxygen atoms in total. The van der Waals surface area contributed by atoms with Gasteiger partial charge in [0.25, 0.3) is 0 Å². The second-order valence-corrected chi connectivity index (χ2v) is 9.32. The Morgan fingerprint density at radius 3 is 2.53 bits per heavy atom. The molecule has 0 aromatic carbocycles. The van der Waals surface area contributed by atoms with E-state index < -0.39 is 35.5 Å². The number of carbonyl (C=O) groups is 2. The smallest absolute Gasteiger partial charge is 0.416 e. The van der Waals surface area contributed by atoms with Gasteiger partial charge < -0.3 is 19.3 Å². The molecule has 10 heteroatoms. The molecule has 3 heterocycles. The fourth-order valence-corrected chi connectivity index (χ4v) is 4.26. The van der Waals surface area contributed by atoms with Gasteiger partial charge in [0.15, 0.2) is 6.10 Å². The quantitative estimate of drug-likeness (QED) is 0.631. The molecule has 0 aliphatic carbocycles. The monoisotopic (exact) mass is 457 g/mol. The number of carbonyl (C=O) groups excluding carboxylic acids is 2. The number of alkyl halides is 3. The van der Waals surface area contributed by atoms with E-state index in [-0.39, 0.29) is 23.7 Å². The van der Waals surface area contributed by atoms with Gasteiger partial charge in [-0.15, -0.1) is 0 Å². The molecule has 0 N–H and O–H groups in total. The summed E-state index contributed by atoms with van der Waals surface area (Å²) in [7, 11) is 0. The third-order valence-corrected chi connectivity index (χ3v) is 5.70. The largest absolute Gasteiger partial charge is 0.432 e. The molecule has 0 unspecified atom stereocenters. The zero-order chi connectivity index (χ0) is 23.8. The number of rotatable bonds is 5. The van der Waals surface area contributed by atoms with E-state index in [9.17, 15) is 22.8 Å². The van der Waals surface area contributed by atoms with Gasteiger partial charge in [0, 0.05) is 45.7 Å². The van der Waals surface area contributed by atoms with E-state index in [1.807, 2.05) is 20.8 Å². The molecule has 2 fully saturated rings. The summed E-state index contributed by atoms with van der Waals surface area (Å²) in [5.74, 6) is -2.16. The minimum atomic E-state index is -4.45. The molecule has 2 aliphatic heterocycles. The number of pyridine rings is 1. The van der Waals surface area contributed by atoms with E-state index in [0.29, 0.717) is 26.1 Å². The van der Waals surface area contributed by atoms with Crippen LogP contribution in [0.4, 0.5) is 19.0 Å². The Labute approximate surface area is 185 Å². The summed E-state index contributed by atoms with van der Waals surface area (Å²) in [5, 5.41) is 0. The van der Waals surface area contributed by atoms with E-state index in [1.54, 1.807) is 23.6 Å². The number of esters is 1. The van der Waals surface area contributed by atoms with Crippen molar-refractivity contribution in [2.24, 2.45) is 11.8 Å². The number of amides is 1. The summed E-state index contributed by atoms with van der Waals surface area (Å²) in [6.45, 7) is 9.99. The molecule has 2 aliphatic rings. The molecular formula is C22H30F3N3O4. The van der Waals surface area contributed by atoms with Gasteiger partial charge in [0.2, 0.25) is 11.7 Å². The van der Waals surface area contributed by atoms with Crippen molar-refractivity contribution in [2.45, 2.75) is 65.1 Å². The summed E-state index contributed by atoms with van der Waals surface area (Å²) in [4.78, 5) is 33.4. The zero-order valence-electron chi connectivity index (χ0n) is 19.0. The third kappa shape index (κ3) is 5.33. The number of cyclic esters (lactones) is 1. The predicted octanol–water partition coefficient (Wildman–Crippen LogP) is 3.48. The lowest BCUT2D eigenvalue weighted by Gasteiger charge is -2.42. The van der Waals surface area contributed by atoms with Crippen LogP contribution >= 0.6 is 0 Å². The summed E-state index contributed by atoms with van der Waals surface area (Å²) >= 11 is 0. The van der Waals surface area contributed by atoms with E-state index in [4.69, 9.17) is 9.47 Å². The van der Waals surface area contributed by atoms with Gasteiger partial charge in [-0.1, -0.05) is 13.8 Å². The number of hydrogen-bond acceptors (Lipinski definition) is 6. The number of piperazine rings is 1. The maximum absolute atomic E-state index is 13.5. The summed E-state index contributed by atoms with van der Waals surface area (Å²) in [6.07, 6.45) is -3.83. The van der Waals surface area contributed by atoms with E-state index in [0.717, 1.165) is 18.3 Å². The molecule has 0 radical (unpaired) electrons. The Morgan fingerprint density at radius 1 is 1.31 bits per heavy atom. The van der Waals surface area contributed by atoms with Gasteiger partial charge in [-0.3, -0.25) is 4.79 Å². The van der Waals surface area contributed by atoms with Gasteiger partial charge >= 0.3 is 12.1 Å². The van der Waals surface area contributed by atoms with Crippen molar-refractivity contribution >= 4 is 17.7 Å². The minimum Gasteiger partial charge on any atom is -0.432 e. The lowest BCUT2D eigenvalue weighted by atomic mass is 9.90. The second-order valence-electron chi connectivity index (χ2n) is 9.32. The molecule has 178 valence electrons. The average Bonchev–Trinajstić information content (AvgIpc) is 2.97. The molecule has 1 aromatic rings. The van der Waals surface area contributed by atoms with Crippen LogP contribution < -0.4 is 4.90 Å². The Kier molecular flexibility index (Phi) is 6.74. The average molecular weight is 457 g/mol. The van der Waals surface area contributed by atoms with Crippen molar-refractivity contribution in [3.8, 4) is 0 Å². The lowest BCUT2D eigenvalue weighted by Crippen LogP contribution is -2.57. The minimum absolute atomic E-state index is 0.148. The van der Waals surface area contributed by atoms with Crippen LogP contribution in [0, 0.1) is 11.8 Å². The molecule has 32 heavy (non-hydrogen) atoms.